The lowest BCUT2D eigenvalue weighted by atomic mass is 10.3. The van der Waals surface area contributed by atoms with E-state index in [2.05, 4.69) is 22.6 Å². The molecule has 6 heteroatoms. The van der Waals surface area contributed by atoms with E-state index in [1.807, 2.05) is 6.07 Å². The maximum absolute atomic E-state index is 11.1. The molecule has 88 valence electrons. The molecule has 0 bridgehead atoms. The Labute approximate surface area is 112 Å². The highest BCUT2D eigenvalue weighted by Crippen LogP contribution is 2.27. The first-order valence-corrected chi connectivity index (χ1v) is 5.90. The number of methoxy groups -OCH3 is 1. The number of carbonyl (C=O) groups is 1. The Morgan fingerprint density at radius 1 is 1.62 bits per heavy atom. The van der Waals surface area contributed by atoms with Crippen molar-refractivity contribution in [2.45, 2.75) is 6.10 Å². The van der Waals surface area contributed by atoms with Gasteiger partial charge in [-0.15, -0.1) is 0 Å². The van der Waals surface area contributed by atoms with Crippen molar-refractivity contribution in [1.29, 1.82) is 0 Å². The third-order valence-electron chi connectivity index (χ3n) is 1.80. The van der Waals surface area contributed by atoms with Crippen LogP contribution in [-0.2, 0) is 9.53 Å². The molecule has 1 amide bonds. The van der Waals surface area contributed by atoms with Gasteiger partial charge in [0.25, 0.3) is 5.91 Å². The molecular formula is C10H11ClINO3. The van der Waals surface area contributed by atoms with Gasteiger partial charge in [-0.3, -0.25) is 4.79 Å². The third-order valence-corrected chi connectivity index (χ3v) is 2.78. The average molecular weight is 356 g/mol. The van der Waals surface area contributed by atoms with E-state index < -0.39 is 12.0 Å². The SMILES string of the molecule is COCC(Oc1cc(I)ccc1Cl)C(N)=O. The van der Waals surface area contributed by atoms with Gasteiger partial charge < -0.3 is 15.2 Å². The van der Waals surface area contributed by atoms with E-state index in [0.29, 0.717) is 10.8 Å². The van der Waals surface area contributed by atoms with Crippen molar-refractivity contribution in [3.63, 3.8) is 0 Å². The summed E-state index contributed by atoms with van der Waals surface area (Å²) in [5.74, 6) is -0.161. The smallest absolute Gasteiger partial charge is 0.260 e. The minimum Gasteiger partial charge on any atom is -0.477 e. The Hall–Kier alpha value is -0.530. The first kappa shape index (κ1) is 13.5. The molecule has 1 rings (SSSR count). The molecule has 0 spiro atoms. The van der Waals surface area contributed by atoms with Gasteiger partial charge in [0.05, 0.1) is 11.6 Å². The summed E-state index contributed by atoms with van der Waals surface area (Å²) in [4.78, 5) is 11.1. The fourth-order valence-corrected chi connectivity index (χ4v) is 1.67. The van der Waals surface area contributed by atoms with Crippen LogP contribution in [0.4, 0.5) is 0 Å². The highest BCUT2D eigenvalue weighted by molar-refractivity contribution is 14.1. The van der Waals surface area contributed by atoms with Gasteiger partial charge in [0.1, 0.15) is 5.75 Å². The van der Waals surface area contributed by atoms with Gasteiger partial charge in [-0.25, -0.2) is 0 Å². The van der Waals surface area contributed by atoms with Crippen LogP contribution in [0.25, 0.3) is 0 Å². The van der Waals surface area contributed by atoms with E-state index in [-0.39, 0.29) is 6.61 Å². The molecule has 0 aliphatic heterocycles. The van der Waals surface area contributed by atoms with Gasteiger partial charge in [-0.2, -0.15) is 0 Å². The summed E-state index contributed by atoms with van der Waals surface area (Å²) in [5.41, 5.74) is 5.17. The van der Waals surface area contributed by atoms with Crippen molar-refractivity contribution in [3.8, 4) is 5.75 Å². The zero-order valence-electron chi connectivity index (χ0n) is 8.57. The molecule has 1 aromatic rings. The predicted molar refractivity (Wildman–Crippen MR) is 69.7 cm³/mol. The number of halogens is 2. The van der Waals surface area contributed by atoms with Crippen LogP contribution in [-0.4, -0.2) is 25.7 Å². The standard InChI is InChI=1S/C10H11ClINO3/c1-15-5-9(10(13)14)16-8-4-6(12)2-3-7(8)11/h2-4,9H,5H2,1H3,(H2,13,14). The van der Waals surface area contributed by atoms with Gasteiger partial charge in [0, 0.05) is 10.7 Å². The highest BCUT2D eigenvalue weighted by atomic mass is 127. The summed E-state index contributed by atoms with van der Waals surface area (Å²) < 4.78 is 11.2. The second-order valence-electron chi connectivity index (χ2n) is 3.04. The molecule has 0 aliphatic rings. The number of amides is 1. The second-order valence-corrected chi connectivity index (χ2v) is 4.69. The Morgan fingerprint density at radius 3 is 2.88 bits per heavy atom. The summed E-state index contributed by atoms with van der Waals surface area (Å²) in [6.45, 7) is 0.0944. The lowest BCUT2D eigenvalue weighted by Gasteiger charge is -2.16. The van der Waals surface area contributed by atoms with E-state index in [1.165, 1.54) is 7.11 Å². The number of nitrogens with two attached hydrogens (primary N) is 1. The van der Waals surface area contributed by atoms with Crippen molar-refractivity contribution in [2.75, 3.05) is 13.7 Å². The number of benzene rings is 1. The van der Waals surface area contributed by atoms with Gasteiger partial charge in [-0.1, -0.05) is 11.6 Å². The van der Waals surface area contributed by atoms with Crippen molar-refractivity contribution in [1.82, 2.24) is 0 Å². The molecule has 1 atom stereocenters. The molecule has 0 fully saturated rings. The van der Waals surface area contributed by atoms with Crippen molar-refractivity contribution in [2.24, 2.45) is 5.73 Å². The molecular weight excluding hydrogens is 344 g/mol. The second kappa shape index (κ2) is 6.27. The summed E-state index contributed by atoms with van der Waals surface area (Å²) in [6.07, 6.45) is -0.833. The van der Waals surface area contributed by atoms with Crippen LogP contribution in [0.2, 0.25) is 5.02 Å². The minimum absolute atomic E-state index is 0.0944. The number of primary amides is 1. The lowest BCUT2D eigenvalue weighted by molar-refractivity contribution is -0.126. The average Bonchev–Trinajstić information content (AvgIpc) is 2.22. The number of ether oxygens (including phenoxy) is 2. The number of rotatable bonds is 5. The normalized spacial score (nSPS) is 12.2. The fourth-order valence-electron chi connectivity index (χ4n) is 1.05. The molecule has 0 aromatic heterocycles. The molecule has 0 saturated carbocycles. The van der Waals surface area contributed by atoms with Gasteiger partial charge in [0.15, 0.2) is 6.10 Å². The maximum atomic E-state index is 11.1. The lowest BCUT2D eigenvalue weighted by Crippen LogP contribution is -2.37. The van der Waals surface area contributed by atoms with Gasteiger partial charge in [0.2, 0.25) is 0 Å². The van der Waals surface area contributed by atoms with Crippen LogP contribution in [0.1, 0.15) is 0 Å². The first-order valence-electron chi connectivity index (χ1n) is 4.44. The van der Waals surface area contributed by atoms with Crippen LogP contribution in [0.15, 0.2) is 18.2 Å². The quantitative estimate of drug-likeness (QED) is 0.820. The van der Waals surface area contributed by atoms with Crippen molar-refractivity contribution in [3.05, 3.63) is 26.8 Å². The van der Waals surface area contributed by atoms with Crippen LogP contribution < -0.4 is 10.5 Å². The first-order chi connectivity index (χ1) is 7.54. The predicted octanol–water partition coefficient (Wildman–Crippen LogP) is 1.82. The third kappa shape index (κ3) is 3.80. The van der Waals surface area contributed by atoms with Crippen LogP contribution in [0.3, 0.4) is 0 Å². The molecule has 1 aromatic carbocycles. The summed E-state index contributed by atoms with van der Waals surface area (Å²) in [6, 6.07) is 5.27. The maximum Gasteiger partial charge on any atom is 0.260 e. The zero-order valence-corrected chi connectivity index (χ0v) is 11.5. The van der Waals surface area contributed by atoms with Crippen LogP contribution in [0.5, 0.6) is 5.75 Å². The largest absolute Gasteiger partial charge is 0.477 e. The highest BCUT2D eigenvalue weighted by Gasteiger charge is 2.18. The number of hydrogen-bond acceptors (Lipinski definition) is 3. The Balaban J connectivity index is 2.84. The van der Waals surface area contributed by atoms with E-state index in [0.717, 1.165) is 3.57 Å². The Kier molecular flexibility index (Phi) is 5.30. The molecule has 0 saturated heterocycles. The summed E-state index contributed by atoms with van der Waals surface area (Å²) in [5, 5.41) is 0.433. The van der Waals surface area contributed by atoms with Crippen molar-refractivity contribution >= 4 is 40.1 Å². The minimum atomic E-state index is -0.833. The molecule has 2 N–H and O–H groups in total. The van der Waals surface area contributed by atoms with E-state index in [9.17, 15) is 4.79 Å². The van der Waals surface area contributed by atoms with E-state index in [4.69, 9.17) is 26.8 Å². The molecule has 0 heterocycles. The summed E-state index contributed by atoms with van der Waals surface area (Å²) >= 11 is 8.05. The molecule has 1 unspecified atom stereocenters. The number of hydrogen-bond donors (Lipinski definition) is 1. The zero-order chi connectivity index (χ0) is 12.1. The topological polar surface area (TPSA) is 61.6 Å². The molecule has 0 aliphatic carbocycles. The van der Waals surface area contributed by atoms with E-state index >= 15 is 0 Å². The monoisotopic (exact) mass is 355 g/mol. The fraction of sp³-hybridized carbons (Fsp3) is 0.300. The van der Waals surface area contributed by atoms with Crippen molar-refractivity contribution < 1.29 is 14.3 Å². The number of carbonyl (C=O) groups excluding carboxylic acids is 1. The van der Waals surface area contributed by atoms with Gasteiger partial charge in [-0.05, 0) is 40.8 Å². The molecule has 4 nitrogen and oxygen atoms in total. The Bertz CT molecular complexity index is 386. The molecule has 0 radical (unpaired) electrons. The Morgan fingerprint density at radius 2 is 2.31 bits per heavy atom. The van der Waals surface area contributed by atoms with Crippen LogP contribution in [0, 0.1) is 3.57 Å². The molecule has 16 heavy (non-hydrogen) atoms. The summed E-state index contributed by atoms with van der Waals surface area (Å²) in [7, 11) is 1.47. The van der Waals surface area contributed by atoms with Crippen LogP contribution >= 0.6 is 34.2 Å². The van der Waals surface area contributed by atoms with Gasteiger partial charge >= 0.3 is 0 Å². The van der Waals surface area contributed by atoms with E-state index in [1.54, 1.807) is 12.1 Å².